The summed E-state index contributed by atoms with van der Waals surface area (Å²) in [5, 5.41) is 8.84. The summed E-state index contributed by atoms with van der Waals surface area (Å²) < 4.78 is 4.23. The predicted octanol–water partition coefficient (Wildman–Crippen LogP) is 2.58. The summed E-state index contributed by atoms with van der Waals surface area (Å²) in [4.78, 5) is 4.41. The molecule has 0 fully saturated rings. The van der Waals surface area contributed by atoms with Crippen molar-refractivity contribution in [1.29, 1.82) is 0 Å². The van der Waals surface area contributed by atoms with Crippen LogP contribution in [0.3, 0.4) is 0 Å². The molecule has 2 aromatic heterocycles. The number of benzene rings is 1. The fraction of sp³-hybridized carbons (Fsp3) is 0.375. The zero-order valence-electron chi connectivity index (χ0n) is 12.7. The number of rotatable bonds is 5. The molecule has 5 heteroatoms. The summed E-state index contributed by atoms with van der Waals surface area (Å²) in [6.45, 7) is 5.85. The molecule has 0 saturated carbocycles. The second-order valence-electron chi connectivity index (χ2n) is 5.54. The smallest absolute Gasteiger partial charge is 0.147 e. The van der Waals surface area contributed by atoms with E-state index in [1.165, 1.54) is 16.5 Å². The second-order valence-corrected chi connectivity index (χ2v) is 5.54. The maximum Gasteiger partial charge on any atom is 0.147 e. The minimum atomic E-state index is 0.320. The first-order valence-corrected chi connectivity index (χ1v) is 7.30. The van der Waals surface area contributed by atoms with Crippen molar-refractivity contribution in [3.05, 3.63) is 48.2 Å². The number of hydrogen-bond acceptors (Lipinski definition) is 3. The Kier molecular flexibility index (Phi) is 3.75. The van der Waals surface area contributed by atoms with Gasteiger partial charge in [0.05, 0.1) is 6.54 Å². The Hall–Kier alpha value is -2.14. The van der Waals surface area contributed by atoms with E-state index in [-0.39, 0.29) is 0 Å². The first kappa shape index (κ1) is 13.8. The molecule has 0 spiro atoms. The van der Waals surface area contributed by atoms with Crippen LogP contribution >= 0.6 is 0 Å². The molecule has 0 unspecified atom stereocenters. The molecule has 1 N–H and O–H groups in total. The fourth-order valence-corrected chi connectivity index (χ4v) is 2.76. The molecule has 3 rings (SSSR count). The minimum absolute atomic E-state index is 0.320. The summed E-state index contributed by atoms with van der Waals surface area (Å²) in [5.41, 5.74) is 2.55. The Morgan fingerprint density at radius 3 is 2.81 bits per heavy atom. The number of nitrogens with zero attached hydrogens (tertiary/aromatic N) is 4. The Bertz CT molecular complexity index is 738. The van der Waals surface area contributed by atoms with Gasteiger partial charge in [0.25, 0.3) is 0 Å². The van der Waals surface area contributed by atoms with Gasteiger partial charge in [0.1, 0.15) is 12.2 Å². The zero-order chi connectivity index (χ0) is 14.8. The summed E-state index contributed by atoms with van der Waals surface area (Å²) in [5.74, 6) is 0.988. The molecule has 0 amide bonds. The number of fused-ring (bicyclic) bond motifs is 1. The molecule has 5 nitrogen and oxygen atoms in total. The molecule has 0 atom stereocenters. The van der Waals surface area contributed by atoms with E-state index in [2.05, 4.69) is 64.3 Å². The standard InChI is InChI=1S/C16H21N5/c1-12(2)21-16(18-11-19-21)10-20-9-13(8-17-3)14-6-4-5-7-15(14)20/h4-7,9,11-12,17H,8,10H2,1-3H3. The van der Waals surface area contributed by atoms with E-state index in [1.807, 2.05) is 11.7 Å². The average molecular weight is 283 g/mol. The molecular formula is C16H21N5. The van der Waals surface area contributed by atoms with Crippen LogP contribution in [0.15, 0.2) is 36.8 Å². The molecule has 0 aliphatic carbocycles. The van der Waals surface area contributed by atoms with E-state index >= 15 is 0 Å². The lowest BCUT2D eigenvalue weighted by molar-refractivity contribution is 0.498. The van der Waals surface area contributed by atoms with Crippen molar-refractivity contribution < 1.29 is 0 Å². The van der Waals surface area contributed by atoms with E-state index in [1.54, 1.807) is 6.33 Å². The molecule has 0 saturated heterocycles. The molecule has 3 aromatic rings. The van der Waals surface area contributed by atoms with Gasteiger partial charge >= 0.3 is 0 Å². The van der Waals surface area contributed by atoms with Gasteiger partial charge in [0, 0.05) is 29.7 Å². The van der Waals surface area contributed by atoms with E-state index < -0.39 is 0 Å². The maximum absolute atomic E-state index is 4.41. The highest BCUT2D eigenvalue weighted by Gasteiger charge is 2.12. The summed E-state index contributed by atoms with van der Waals surface area (Å²) in [7, 11) is 1.97. The van der Waals surface area contributed by atoms with Gasteiger partial charge in [-0.3, -0.25) is 0 Å². The van der Waals surface area contributed by atoms with Crippen LogP contribution in [0.4, 0.5) is 0 Å². The van der Waals surface area contributed by atoms with Crippen molar-refractivity contribution in [3.63, 3.8) is 0 Å². The average Bonchev–Trinajstić information content (AvgIpc) is 3.06. The number of nitrogens with one attached hydrogen (secondary N) is 1. The molecule has 0 radical (unpaired) electrons. The highest BCUT2D eigenvalue weighted by atomic mass is 15.4. The van der Waals surface area contributed by atoms with Gasteiger partial charge in [0.15, 0.2) is 0 Å². The third kappa shape index (κ3) is 2.56. The maximum atomic E-state index is 4.41. The topological polar surface area (TPSA) is 47.7 Å². The lowest BCUT2D eigenvalue weighted by Gasteiger charge is -2.10. The molecule has 0 bridgehead atoms. The Morgan fingerprint density at radius 1 is 1.24 bits per heavy atom. The van der Waals surface area contributed by atoms with Crippen LogP contribution in [-0.4, -0.2) is 26.4 Å². The van der Waals surface area contributed by atoms with Crippen molar-refractivity contribution in [2.45, 2.75) is 33.0 Å². The van der Waals surface area contributed by atoms with Gasteiger partial charge in [-0.25, -0.2) is 9.67 Å². The number of aromatic nitrogens is 4. The molecule has 0 aliphatic heterocycles. The first-order valence-electron chi connectivity index (χ1n) is 7.30. The third-order valence-electron chi connectivity index (χ3n) is 3.69. The summed E-state index contributed by atoms with van der Waals surface area (Å²) in [6.07, 6.45) is 3.84. The van der Waals surface area contributed by atoms with Crippen LogP contribution in [0.5, 0.6) is 0 Å². The molecular weight excluding hydrogens is 262 g/mol. The van der Waals surface area contributed by atoms with Crippen LogP contribution < -0.4 is 5.32 Å². The van der Waals surface area contributed by atoms with Crippen LogP contribution in [0.25, 0.3) is 10.9 Å². The minimum Gasteiger partial charge on any atom is -0.340 e. The molecule has 2 heterocycles. The van der Waals surface area contributed by atoms with E-state index in [4.69, 9.17) is 0 Å². The molecule has 110 valence electrons. The van der Waals surface area contributed by atoms with Crippen LogP contribution in [0, 0.1) is 0 Å². The van der Waals surface area contributed by atoms with Crippen molar-refractivity contribution in [3.8, 4) is 0 Å². The van der Waals surface area contributed by atoms with Crippen molar-refractivity contribution in [2.75, 3.05) is 7.05 Å². The van der Waals surface area contributed by atoms with E-state index in [9.17, 15) is 0 Å². The summed E-state index contributed by atoms with van der Waals surface area (Å²) in [6, 6.07) is 8.81. The van der Waals surface area contributed by atoms with Crippen molar-refractivity contribution in [1.82, 2.24) is 24.6 Å². The van der Waals surface area contributed by atoms with Gasteiger partial charge < -0.3 is 9.88 Å². The van der Waals surface area contributed by atoms with Crippen LogP contribution in [0.1, 0.15) is 31.3 Å². The molecule has 0 aliphatic rings. The van der Waals surface area contributed by atoms with Crippen LogP contribution in [0.2, 0.25) is 0 Å². The fourth-order valence-electron chi connectivity index (χ4n) is 2.76. The Balaban J connectivity index is 2.02. The monoisotopic (exact) mass is 283 g/mol. The lowest BCUT2D eigenvalue weighted by atomic mass is 10.2. The quantitative estimate of drug-likeness (QED) is 0.783. The van der Waals surface area contributed by atoms with Gasteiger partial charge in [-0.1, -0.05) is 18.2 Å². The van der Waals surface area contributed by atoms with Gasteiger partial charge in [-0.15, -0.1) is 0 Å². The predicted molar refractivity (Wildman–Crippen MR) is 84.2 cm³/mol. The molecule has 21 heavy (non-hydrogen) atoms. The number of para-hydroxylation sites is 1. The van der Waals surface area contributed by atoms with E-state index in [0.717, 1.165) is 18.9 Å². The second kappa shape index (κ2) is 5.69. The normalized spacial score (nSPS) is 11.6. The van der Waals surface area contributed by atoms with Crippen molar-refractivity contribution >= 4 is 10.9 Å². The highest BCUT2D eigenvalue weighted by molar-refractivity contribution is 5.84. The SMILES string of the molecule is CNCc1cn(Cc2ncnn2C(C)C)c2ccccc12. The van der Waals surface area contributed by atoms with Crippen molar-refractivity contribution in [2.24, 2.45) is 0 Å². The lowest BCUT2D eigenvalue weighted by Crippen LogP contribution is -2.11. The number of hydrogen-bond donors (Lipinski definition) is 1. The summed E-state index contributed by atoms with van der Waals surface area (Å²) >= 11 is 0. The van der Waals surface area contributed by atoms with Gasteiger partial charge in [-0.05, 0) is 32.5 Å². The zero-order valence-corrected chi connectivity index (χ0v) is 12.7. The van der Waals surface area contributed by atoms with E-state index in [0.29, 0.717) is 6.04 Å². The highest BCUT2D eigenvalue weighted by Crippen LogP contribution is 2.22. The molecule has 1 aromatic carbocycles. The first-order chi connectivity index (χ1) is 10.2. The third-order valence-corrected chi connectivity index (χ3v) is 3.69. The van der Waals surface area contributed by atoms with Gasteiger partial charge in [0.2, 0.25) is 0 Å². The Morgan fingerprint density at radius 2 is 2.05 bits per heavy atom. The van der Waals surface area contributed by atoms with Crippen LogP contribution in [-0.2, 0) is 13.1 Å². The van der Waals surface area contributed by atoms with Gasteiger partial charge in [-0.2, -0.15) is 5.10 Å². The largest absolute Gasteiger partial charge is 0.340 e. The Labute approximate surface area is 124 Å².